The smallest absolute Gasteiger partial charge is 0.00199 e. The van der Waals surface area contributed by atoms with Crippen LogP contribution in [0, 0.1) is 13.8 Å². The van der Waals surface area contributed by atoms with E-state index in [-0.39, 0.29) is 0 Å². The van der Waals surface area contributed by atoms with E-state index in [0.717, 1.165) is 0 Å². The molecule has 0 N–H and O–H groups in total. The SMILES string of the molecule is Cc1ccc(-c2c3ccccc3c(-c3ccc(C)c4ccccc34)c3cc4ccccc4cc23)c2ccccc12. The molecule has 8 aromatic carbocycles. The van der Waals surface area contributed by atoms with Crippen molar-refractivity contribution in [3.8, 4) is 22.3 Å². The van der Waals surface area contributed by atoms with Gasteiger partial charge in [-0.25, -0.2) is 0 Å². The lowest BCUT2D eigenvalue weighted by Gasteiger charge is -2.21. The molecule has 0 heteroatoms. The molecule has 0 aliphatic rings. The molecule has 0 saturated heterocycles. The molecule has 0 bridgehead atoms. The molecule has 0 aromatic heterocycles. The van der Waals surface area contributed by atoms with Crippen LogP contribution in [-0.2, 0) is 0 Å². The molecule has 0 fully saturated rings. The fourth-order valence-corrected chi connectivity index (χ4v) is 6.78. The van der Waals surface area contributed by atoms with Gasteiger partial charge in [-0.3, -0.25) is 0 Å². The summed E-state index contributed by atoms with van der Waals surface area (Å²) in [4.78, 5) is 0. The van der Waals surface area contributed by atoms with E-state index in [4.69, 9.17) is 0 Å². The molecular weight excluding hydrogens is 480 g/mol. The van der Waals surface area contributed by atoms with Crippen LogP contribution in [0.2, 0.25) is 0 Å². The van der Waals surface area contributed by atoms with Gasteiger partial charge in [-0.15, -0.1) is 0 Å². The number of hydrogen-bond acceptors (Lipinski definition) is 0. The highest BCUT2D eigenvalue weighted by Gasteiger charge is 2.20. The van der Waals surface area contributed by atoms with Gasteiger partial charge in [-0.1, -0.05) is 121 Å². The molecule has 0 heterocycles. The van der Waals surface area contributed by atoms with Crippen LogP contribution in [0.5, 0.6) is 0 Å². The van der Waals surface area contributed by atoms with E-state index in [1.807, 2.05) is 0 Å². The lowest BCUT2D eigenvalue weighted by molar-refractivity contribution is 1.53. The number of aryl methyl sites for hydroxylation is 2. The normalized spacial score (nSPS) is 11.8. The van der Waals surface area contributed by atoms with Gasteiger partial charge in [0.05, 0.1) is 0 Å². The van der Waals surface area contributed by atoms with E-state index < -0.39 is 0 Å². The Morgan fingerprint density at radius 3 is 1.07 bits per heavy atom. The summed E-state index contributed by atoms with van der Waals surface area (Å²) >= 11 is 0. The zero-order valence-electron chi connectivity index (χ0n) is 22.7. The molecule has 0 radical (unpaired) electrons. The van der Waals surface area contributed by atoms with E-state index in [1.54, 1.807) is 0 Å². The Kier molecular flexibility index (Phi) is 5.06. The molecule has 0 saturated carbocycles. The standard InChI is InChI=1S/C40H28/c1-25-19-21-35(31-15-7-5-13-29(25)31)39-33-17-9-10-18-34(33)40(36-22-20-26(2)30-14-6-8-16-32(30)36)38-24-28-12-4-3-11-27(28)23-37(38)39/h3-24H,1-2H3. The first-order valence-corrected chi connectivity index (χ1v) is 14.0. The zero-order valence-corrected chi connectivity index (χ0v) is 22.7. The van der Waals surface area contributed by atoms with Gasteiger partial charge in [0.25, 0.3) is 0 Å². The first-order chi connectivity index (χ1) is 19.7. The molecule has 0 unspecified atom stereocenters. The second-order valence-corrected chi connectivity index (χ2v) is 11.0. The summed E-state index contributed by atoms with van der Waals surface area (Å²) in [6.45, 7) is 4.42. The summed E-state index contributed by atoms with van der Waals surface area (Å²) in [5.41, 5.74) is 7.82. The van der Waals surface area contributed by atoms with Gasteiger partial charge in [-0.2, -0.15) is 0 Å². The molecule has 8 rings (SSSR count). The molecule has 0 atom stereocenters. The second kappa shape index (κ2) is 8.79. The fourth-order valence-electron chi connectivity index (χ4n) is 6.78. The predicted molar refractivity (Wildman–Crippen MR) is 174 cm³/mol. The Hall–Kier alpha value is -4.94. The minimum atomic E-state index is 1.27. The summed E-state index contributed by atoms with van der Waals surface area (Å²) in [5.74, 6) is 0. The van der Waals surface area contributed by atoms with Gasteiger partial charge in [0.2, 0.25) is 0 Å². The summed E-state index contributed by atoms with van der Waals surface area (Å²) in [6, 6.07) is 49.5. The maximum Gasteiger partial charge on any atom is -0.00199 e. The maximum absolute atomic E-state index is 2.42. The van der Waals surface area contributed by atoms with Crippen molar-refractivity contribution in [1.82, 2.24) is 0 Å². The Morgan fingerprint density at radius 1 is 0.300 bits per heavy atom. The van der Waals surface area contributed by atoms with Crippen LogP contribution >= 0.6 is 0 Å². The predicted octanol–water partition coefficient (Wildman–Crippen LogP) is 11.4. The lowest BCUT2D eigenvalue weighted by Crippen LogP contribution is -1.94. The van der Waals surface area contributed by atoms with Crippen LogP contribution in [0.25, 0.3) is 76.1 Å². The van der Waals surface area contributed by atoms with E-state index in [1.165, 1.54) is 87.2 Å². The molecule has 0 nitrogen and oxygen atoms in total. The Labute approximate surface area is 234 Å². The highest BCUT2D eigenvalue weighted by Crippen LogP contribution is 2.48. The second-order valence-electron chi connectivity index (χ2n) is 11.0. The Morgan fingerprint density at radius 2 is 0.650 bits per heavy atom. The van der Waals surface area contributed by atoms with Crippen LogP contribution in [0.3, 0.4) is 0 Å². The maximum atomic E-state index is 2.42. The van der Waals surface area contributed by atoms with Gasteiger partial charge in [0.1, 0.15) is 0 Å². The van der Waals surface area contributed by atoms with Gasteiger partial charge in [0.15, 0.2) is 0 Å². The molecule has 40 heavy (non-hydrogen) atoms. The zero-order chi connectivity index (χ0) is 26.8. The molecule has 0 spiro atoms. The minimum Gasteiger partial charge on any atom is -0.0616 e. The minimum absolute atomic E-state index is 1.27. The Bertz CT molecular complexity index is 2120. The van der Waals surface area contributed by atoms with Crippen molar-refractivity contribution >= 4 is 53.9 Å². The number of rotatable bonds is 2. The van der Waals surface area contributed by atoms with Crippen molar-refractivity contribution in [2.45, 2.75) is 13.8 Å². The van der Waals surface area contributed by atoms with Crippen LogP contribution in [-0.4, -0.2) is 0 Å². The van der Waals surface area contributed by atoms with Crippen molar-refractivity contribution in [3.05, 3.63) is 145 Å². The average Bonchev–Trinajstić information content (AvgIpc) is 3.00. The van der Waals surface area contributed by atoms with Crippen molar-refractivity contribution in [2.75, 3.05) is 0 Å². The van der Waals surface area contributed by atoms with Gasteiger partial charge < -0.3 is 0 Å². The van der Waals surface area contributed by atoms with Crippen LogP contribution < -0.4 is 0 Å². The third-order valence-corrected chi connectivity index (χ3v) is 8.71. The largest absolute Gasteiger partial charge is 0.0616 e. The monoisotopic (exact) mass is 508 g/mol. The third kappa shape index (κ3) is 3.33. The van der Waals surface area contributed by atoms with Crippen LogP contribution in [0.4, 0.5) is 0 Å². The van der Waals surface area contributed by atoms with Crippen LogP contribution in [0.15, 0.2) is 133 Å². The fraction of sp³-hybridized carbons (Fsp3) is 0.0500. The summed E-state index contributed by atoms with van der Waals surface area (Å²) < 4.78 is 0. The van der Waals surface area contributed by atoms with Crippen LogP contribution in [0.1, 0.15) is 11.1 Å². The van der Waals surface area contributed by atoms with E-state index >= 15 is 0 Å². The highest BCUT2D eigenvalue weighted by molar-refractivity contribution is 6.27. The first kappa shape index (κ1) is 23.0. The molecular formula is C40H28. The van der Waals surface area contributed by atoms with Gasteiger partial charge in [0, 0.05) is 0 Å². The quantitative estimate of drug-likeness (QED) is 0.204. The molecule has 8 aromatic rings. The van der Waals surface area contributed by atoms with Gasteiger partial charge in [-0.05, 0) is 113 Å². The van der Waals surface area contributed by atoms with Gasteiger partial charge >= 0.3 is 0 Å². The summed E-state index contributed by atoms with van der Waals surface area (Å²) in [7, 11) is 0. The molecule has 0 aliphatic carbocycles. The highest BCUT2D eigenvalue weighted by atomic mass is 14.2. The topological polar surface area (TPSA) is 0 Å². The Balaban J connectivity index is 1.63. The van der Waals surface area contributed by atoms with Crippen molar-refractivity contribution in [2.24, 2.45) is 0 Å². The van der Waals surface area contributed by atoms with E-state index in [0.29, 0.717) is 0 Å². The number of benzene rings is 8. The van der Waals surface area contributed by atoms with Crippen molar-refractivity contribution in [1.29, 1.82) is 0 Å². The number of fused-ring (bicyclic) bond motifs is 5. The molecule has 188 valence electrons. The number of hydrogen-bond donors (Lipinski definition) is 0. The summed E-state index contributed by atoms with van der Waals surface area (Å²) in [5, 5.41) is 12.9. The summed E-state index contributed by atoms with van der Waals surface area (Å²) in [6.07, 6.45) is 0. The van der Waals surface area contributed by atoms with Crippen molar-refractivity contribution < 1.29 is 0 Å². The lowest BCUT2D eigenvalue weighted by atomic mass is 9.82. The van der Waals surface area contributed by atoms with E-state index in [9.17, 15) is 0 Å². The average molecular weight is 509 g/mol. The van der Waals surface area contributed by atoms with Crippen molar-refractivity contribution in [3.63, 3.8) is 0 Å². The molecule has 0 aliphatic heterocycles. The van der Waals surface area contributed by atoms with E-state index in [2.05, 4.69) is 147 Å². The molecule has 0 amide bonds. The third-order valence-electron chi connectivity index (χ3n) is 8.71. The first-order valence-electron chi connectivity index (χ1n) is 14.0.